The van der Waals surface area contributed by atoms with E-state index in [0.29, 0.717) is 16.7 Å². The summed E-state index contributed by atoms with van der Waals surface area (Å²) in [5.74, 6) is 0.522. The van der Waals surface area contributed by atoms with E-state index in [-0.39, 0.29) is 24.8 Å². The van der Waals surface area contributed by atoms with E-state index in [1.807, 2.05) is 0 Å². The number of allylic oxidation sites excluding steroid dienone is 8. The molecule has 0 saturated heterocycles. The predicted octanol–water partition coefficient (Wildman–Crippen LogP) is 0.833. The van der Waals surface area contributed by atoms with E-state index < -0.39 is 0 Å². The van der Waals surface area contributed by atoms with E-state index in [9.17, 15) is 0 Å². The molecule has 26 heavy (non-hydrogen) atoms. The quantitative estimate of drug-likeness (QED) is 0.394. The minimum Gasteiger partial charge on any atom is -1.00 e. The van der Waals surface area contributed by atoms with Crippen LogP contribution in [0.2, 0.25) is 0 Å². The second-order valence-electron chi connectivity index (χ2n) is 8.93. The van der Waals surface area contributed by atoms with Gasteiger partial charge in [-0.15, -0.1) is 6.42 Å². The molecule has 0 saturated carbocycles. The van der Waals surface area contributed by atoms with Crippen molar-refractivity contribution in [2.45, 2.75) is 75.7 Å². The first-order valence-electron chi connectivity index (χ1n) is 8.85. The third-order valence-corrected chi connectivity index (χ3v) is 3.71. The Hall–Kier alpha value is 0.124. The number of halogens is 2. The molecule has 0 N–H and O–H groups in total. The van der Waals surface area contributed by atoms with Crippen LogP contribution >= 0.6 is 0 Å². The fourth-order valence-corrected chi connectivity index (χ4v) is 2.13. The summed E-state index contributed by atoms with van der Waals surface area (Å²) in [7, 11) is 0. The van der Waals surface area contributed by atoms with Crippen molar-refractivity contribution in [3.63, 3.8) is 0 Å². The third-order valence-electron chi connectivity index (χ3n) is 3.71. The first-order chi connectivity index (χ1) is 10.7. The maximum Gasteiger partial charge on any atom is -1.00 e. The molecule has 0 fully saturated rings. The van der Waals surface area contributed by atoms with Crippen molar-refractivity contribution in [3.05, 3.63) is 47.1 Å². The maximum absolute atomic E-state index is 3.30. The Kier molecular flexibility index (Phi) is 15.8. The zero-order valence-corrected chi connectivity index (χ0v) is 21.3. The van der Waals surface area contributed by atoms with Gasteiger partial charge in [0.05, 0.1) is 0 Å². The molecular formula is C23H36Cl2Ti-2. The molecule has 2 aliphatic carbocycles. The summed E-state index contributed by atoms with van der Waals surface area (Å²) in [6.07, 6.45) is 14.2. The van der Waals surface area contributed by atoms with Crippen molar-refractivity contribution < 1.29 is 44.8 Å². The molecule has 1 unspecified atom stereocenters. The molecule has 0 radical (unpaired) electrons. The summed E-state index contributed by atoms with van der Waals surface area (Å²) in [6.45, 7) is 21.9. The summed E-state index contributed by atoms with van der Waals surface area (Å²) < 4.78 is 1.42. The van der Waals surface area contributed by atoms with Gasteiger partial charge in [-0.2, -0.15) is 17.2 Å². The molecule has 0 aromatic heterocycles. The summed E-state index contributed by atoms with van der Waals surface area (Å²) in [5, 5.41) is 0. The van der Waals surface area contributed by atoms with Crippen LogP contribution in [0, 0.1) is 28.9 Å². The van der Waals surface area contributed by atoms with Crippen LogP contribution in [-0.4, -0.2) is 3.81 Å². The Morgan fingerprint density at radius 3 is 1.65 bits per heavy atom. The molecule has 0 aromatic rings. The van der Waals surface area contributed by atoms with Gasteiger partial charge < -0.3 is 24.8 Å². The number of rotatable bonds is 0. The van der Waals surface area contributed by atoms with Crippen LogP contribution in [0.5, 0.6) is 0 Å². The molecule has 0 spiro atoms. The van der Waals surface area contributed by atoms with E-state index in [1.54, 1.807) is 0 Å². The van der Waals surface area contributed by atoms with Crippen molar-refractivity contribution in [1.82, 2.24) is 0 Å². The summed E-state index contributed by atoms with van der Waals surface area (Å²) >= 11 is 2.08. The third kappa shape index (κ3) is 14.2. The second kappa shape index (κ2) is 13.3. The molecule has 0 aliphatic heterocycles. The van der Waals surface area contributed by atoms with Crippen molar-refractivity contribution in [1.29, 1.82) is 0 Å². The van der Waals surface area contributed by atoms with Crippen LogP contribution in [0.15, 0.2) is 34.9 Å². The average Bonchev–Trinajstić information content (AvgIpc) is 2.96. The monoisotopic (exact) mass is 430 g/mol. The molecule has 3 heteroatoms. The van der Waals surface area contributed by atoms with E-state index in [0.717, 1.165) is 6.42 Å². The minimum absolute atomic E-state index is 0. The van der Waals surface area contributed by atoms with Crippen LogP contribution in [0.1, 0.15) is 75.7 Å². The Bertz CT molecular complexity index is 546. The molecule has 0 heterocycles. The van der Waals surface area contributed by atoms with E-state index in [4.69, 9.17) is 0 Å². The van der Waals surface area contributed by atoms with Gasteiger partial charge in [-0.25, -0.2) is 17.7 Å². The topological polar surface area (TPSA) is 0 Å². The Morgan fingerprint density at radius 2 is 1.50 bits per heavy atom. The van der Waals surface area contributed by atoms with Crippen molar-refractivity contribution >= 4 is 3.81 Å². The van der Waals surface area contributed by atoms with Crippen LogP contribution in [-0.2, 0) is 20.0 Å². The second-order valence-corrected chi connectivity index (χ2v) is 10.5. The van der Waals surface area contributed by atoms with Crippen LogP contribution < -0.4 is 24.8 Å². The standard InChI is InChI=1S/2C10H15.C3H6.2ClH.Ti/c2*1-8-5-6-9(7-8)10(2,3)4;1-3-2;;;/h7H,6H2,1-4H3;6-8H,1-4H3;1-2H3;2*1H;/q2*-1;;;;+2/p-2. The zero-order chi connectivity index (χ0) is 19.1. The molecule has 0 nitrogen and oxygen atoms in total. The Morgan fingerprint density at radius 1 is 1.04 bits per heavy atom. The van der Waals surface area contributed by atoms with Crippen molar-refractivity contribution in [2.75, 3.05) is 0 Å². The molecule has 0 bridgehead atoms. The van der Waals surface area contributed by atoms with Crippen LogP contribution in [0.4, 0.5) is 0 Å². The predicted molar refractivity (Wildman–Crippen MR) is 105 cm³/mol. The number of hydrogen-bond acceptors (Lipinski definition) is 0. The van der Waals surface area contributed by atoms with Gasteiger partial charge in [0, 0.05) is 0 Å². The molecule has 2 rings (SSSR count). The minimum atomic E-state index is 0. The van der Waals surface area contributed by atoms with Gasteiger partial charge in [0.1, 0.15) is 0 Å². The maximum atomic E-state index is 3.30. The average molecular weight is 431 g/mol. The summed E-state index contributed by atoms with van der Waals surface area (Å²) in [6, 6.07) is 0. The van der Waals surface area contributed by atoms with E-state index in [2.05, 4.69) is 120 Å². The fraction of sp³-hybridized carbons (Fsp3) is 0.609. The Labute approximate surface area is 187 Å². The van der Waals surface area contributed by atoms with Gasteiger partial charge in [0.25, 0.3) is 0 Å². The van der Waals surface area contributed by atoms with E-state index in [1.165, 1.54) is 20.5 Å². The van der Waals surface area contributed by atoms with Gasteiger partial charge in [-0.05, 0) is 5.41 Å². The first-order valence-corrected chi connectivity index (χ1v) is 9.63. The number of hydrogen-bond donors (Lipinski definition) is 0. The zero-order valence-electron chi connectivity index (χ0n) is 18.3. The van der Waals surface area contributed by atoms with Gasteiger partial charge in [0.15, 0.2) is 0 Å². The van der Waals surface area contributed by atoms with Crippen LogP contribution in [0.25, 0.3) is 0 Å². The normalized spacial score (nSPS) is 18.0. The molecule has 0 amide bonds. The first kappa shape index (κ1) is 30.8. The summed E-state index contributed by atoms with van der Waals surface area (Å²) in [5.41, 5.74) is 4.86. The van der Waals surface area contributed by atoms with Gasteiger partial charge in [0.2, 0.25) is 0 Å². The van der Waals surface area contributed by atoms with Gasteiger partial charge >= 0.3 is 37.6 Å². The van der Waals surface area contributed by atoms with Gasteiger partial charge in [-0.3, -0.25) is 12.2 Å². The van der Waals surface area contributed by atoms with Crippen molar-refractivity contribution in [2.24, 2.45) is 16.7 Å². The van der Waals surface area contributed by atoms with Crippen molar-refractivity contribution in [3.8, 4) is 0 Å². The van der Waals surface area contributed by atoms with Gasteiger partial charge in [-0.1, -0.05) is 66.7 Å². The largest absolute Gasteiger partial charge is 1.00 e. The molecule has 2 aliphatic rings. The molecular weight excluding hydrogens is 395 g/mol. The molecule has 0 aromatic carbocycles. The fourth-order valence-electron chi connectivity index (χ4n) is 2.13. The SMILES string of the molecule is CC1=[C-]CC(C(C)(C)C)=C1.CC1[C-]=CC(C(C)(C)C)=C1.C[C](C)=[Ti+2].[Cl-].[Cl-]. The Balaban J connectivity index is -0.000000319. The van der Waals surface area contributed by atoms with E-state index >= 15 is 0 Å². The summed E-state index contributed by atoms with van der Waals surface area (Å²) in [4.78, 5) is 0. The smallest absolute Gasteiger partial charge is 1.00 e. The molecule has 148 valence electrons. The van der Waals surface area contributed by atoms with Crippen LogP contribution in [0.3, 0.4) is 0 Å². The molecule has 1 atom stereocenters.